The summed E-state index contributed by atoms with van der Waals surface area (Å²) in [6.45, 7) is 6.32. The second kappa shape index (κ2) is 8.88. The maximum absolute atomic E-state index is 12.9. The van der Waals surface area contributed by atoms with Gasteiger partial charge in [0, 0.05) is 0 Å². The maximum Gasteiger partial charge on any atom is 0.335 e. The fourth-order valence-electron chi connectivity index (χ4n) is 2.73. The third-order valence-corrected chi connectivity index (χ3v) is 4.07. The number of carbonyl (C=O) groups excluding carboxylic acids is 3. The minimum atomic E-state index is -0.797. The molecule has 1 saturated heterocycles. The van der Waals surface area contributed by atoms with Crippen molar-refractivity contribution in [2.45, 2.75) is 6.92 Å². The summed E-state index contributed by atoms with van der Waals surface area (Å²) in [6, 6.07) is 12.5. The van der Waals surface area contributed by atoms with Gasteiger partial charge in [-0.15, -0.1) is 0 Å². The molecule has 0 unspecified atom stereocenters. The molecule has 148 valence electrons. The number of urea groups is 1. The Morgan fingerprint density at radius 3 is 2.21 bits per heavy atom. The third-order valence-electron chi connectivity index (χ3n) is 4.07. The largest absolute Gasteiger partial charge is 0.494 e. The molecule has 0 saturated carbocycles. The van der Waals surface area contributed by atoms with Crippen LogP contribution in [0.4, 0.5) is 10.5 Å². The summed E-state index contributed by atoms with van der Waals surface area (Å²) in [5, 5.41) is 2.20. The lowest BCUT2D eigenvalue weighted by atomic mass is 10.1. The zero-order valence-electron chi connectivity index (χ0n) is 15.9. The first-order chi connectivity index (χ1) is 14.0. The summed E-state index contributed by atoms with van der Waals surface area (Å²) in [5.74, 6) is -0.187. The van der Waals surface area contributed by atoms with Gasteiger partial charge >= 0.3 is 6.03 Å². The van der Waals surface area contributed by atoms with E-state index in [2.05, 4.69) is 11.9 Å². The number of ether oxygens (including phenoxy) is 2. The van der Waals surface area contributed by atoms with Crippen LogP contribution in [0.1, 0.15) is 12.5 Å². The summed E-state index contributed by atoms with van der Waals surface area (Å²) >= 11 is 0. The Balaban J connectivity index is 1.86. The Morgan fingerprint density at radius 2 is 1.59 bits per heavy atom. The van der Waals surface area contributed by atoms with Gasteiger partial charge in [-0.3, -0.25) is 14.9 Å². The highest BCUT2D eigenvalue weighted by atomic mass is 16.5. The van der Waals surface area contributed by atoms with Crippen molar-refractivity contribution in [3.8, 4) is 11.5 Å². The number of nitrogens with zero attached hydrogens (tertiary/aromatic N) is 1. The fourth-order valence-corrected chi connectivity index (χ4v) is 2.73. The van der Waals surface area contributed by atoms with Crippen LogP contribution >= 0.6 is 0 Å². The molecule has 2 aromatic rings. The molecular weight excluding hydrogens is 372 g/mol. The number of carbonyl (C=O) groups is 3. The fraction of sp³-hybridized carbons (Fsp3) is 0.136. The van der Waals surface area contributed by atoms with Crippen molar-refractivity contribution in [3.05, 3.63) is 72.3 Å². The summed E-state index contributed by atoms with van der Waals surface area (Å²) in [5.41, 5.74) is 0.816. The molecule has 0 aromatic heterocycles. The first-order valence-electron chi connectivity index (χ1n) is 9.01. The predicted octanol–water partition coefficient (Wildman–Crippen LogP) is 3.32. The summed E-state index contributed by atoms with van der Waals surface area (Å²) < 4.78 is 10.8. The maximum atomic E-state index is 12.9. The molecule has 0 atom stereocenters. The van der Waals surface area contributed by atoms with Crippen molar-refractivity contribution in [1.82, 2.24) is 5.32 Å². The van der Waals surface area contributed by atoms with Crippen LogP contribution in [0.3, 0.4) is 0 Å². The van der Waals surface area contributed by atoms with Gasteiger partial charge in [-0.05, 0) is 55.0 Å². The zero-order valence-corrected chi connectivity index (χ0v) is 15.9. The molecule has 0 spiro atoms. The smallest absolute Gasteiger partial charge is 0.335 e. The standard InChI is InChI=1S/C22H20N2O5/c1-3-13-29-18-9-5-15(6-10-18)14-19-20(25)23-22(27)24(21(19)26)16-7-11-17(12-8-16)28-4-2/h3,5-12,14H,1,4,13H2,2H3,(H,23,25,27)/b19-14+. The number of hydrogen-bond donors (Lipinski definition) is 1. The van der Waals surface area contributed by atoms with Crippen molar-refractivity contribution in [3.63, 3.8) is 0 Å². The van der Waals surface area contributed by atoms with Crippen LogP contribution in [-0.4, -0.2) is 31.1 Å². The molecule has 1 aliphatic rings. The van der Waals surface area contributed by atoms with E-state index in [1.807, 2.05) is 6.92 Å². The molecule has 2 aromatic carbocycles. The van der Waals surface area contributed by atoms with Crippen LogP contribution in [0.2, 0.25) is 0 Å². The SMILES string of the molecule is C=CCOc1ccc(/C=C2\C(=O)NC(=O)N(c3ccc(OCC)cc3)C2=O)cc1. The Hall–Kier alpha value is -3.87. The number of anilines is 1. The van der Waals surface area contributed by atoms with Crippen molar-refractivity contribution < 1.29 is 23.9 Å². The van der Waals surface area contributed by atoms with Crippen molar-refractivity contribution in [2.75, 3.05) is 18.1 Å². The number of amides is 4. The van der Waals surface area contributed by atoms with E-state index in [9.17, 15) is 14.4 Å². The van der Waals surface area contributed by atoms with E-state index in [1.165, 1.54) is 6.08 Å². The average Bonchev–Trinajstić information content (AvgIpc) is 2.72. The highest BCUT2D eigenvalue weighted by Crippen LogP contribution is 2.24. The van der Waals surface area contributed by atoms with Gasteiger partial charge in [0.25, 0.3) is 11.8 Å². The number of benzene rings is 2. The molecule has 1 N–H and O–H groups in total. The Kier molecular flexibility index (Phi) is 6.09. The quantitative estimate of drug-likeness (QED) is 0.444. The van der Waals surface area contributed by atoms with Crippen molar-refractivity contribution in [1.29, 1.82) is 0 Å². The number of barbiturate groups is 1. The monoisotopic (exact) mass is 392 g/mol. The van der Waals surface area contributed by atoms with E-state index in [0.29, 0.717) is 36.0 Å². The van der Waals surface area contributed by atoms with Gasteiger partial charge in [-0.2, -0.15) is 0 Å². The second-order valence-corrected chi connectivity index (χ2v) is 6.05. The molecule has 29 heavy (non-hydrogen) atoms. The molecule has 1 fully saturated rings. The lowest BCUT2D eigenvalue weighted by molar-refractivity contribution is -0.122. The highest BCUT2D eigenvalue weighted by molar-refractivity contribution is 6.39. The van der Waals surface area contributed by atoms with E-state index in [-0.39, 0.29) is 5.57 Å². The molecule has 3 rings (SSSR count). The first kappa shape index (κ1) is 19.9. The van der Waals surface area contributed by atoms with Gasteiger partial charge in [0.1, 0.15) is 23.7 Å². The first-order valence-corrected chi connectivity index (χ1v) is 9.01. The van der Waals surface area contributed by atoms with Crippen molar-refractivity contribution in [2.24, 2.45) is 0 Å². The normalized spacial score (nSPS) is 15.3. The number of hydrogen-bond acceptors (Lipinski definition) is 5. The van der Waals surface area contributed by atoms with E-state index >= 15 is 0 Å². The Morgan fingerprint density at radius 1 is 0.966 bits per heavy atom. The zero-order chi connectivity index (χ0) is 20.8. The number of nitrogens with one attached hydrogen (secondary N) is 1. The van der Waals surface area contributed by atoms with Crippen LogP contribution in [-0.2, 0) is 9.59 Å². The number of imide groups is 2. The summed E-state index contributed by atoms with van der Waals surface area (Å²) in [6.07, 6.45) is 3.07. The van der Waals surface area contributed by atoms with Gasteiger partial charge in [-0.25, -0.2) is 9.69 Å². The molecule has 0 radical (unpaired) electrons. The topological polar surface area (TPSA) is 84.9 Å². The highest BCUT2D eigenvalue weighted by Gasteiger charge is 2.36. The van der Waals surface area contributed by atoms with E-state index < -0.39 is 17.8 Å². The van der Waals surface area contributed by atoms with E-state index in [1.54, 1.807) is 54.6 Å². The molecule has 0 bridgehead atoms. The minimum absolute atomic E-state index is 0.141. The predicted molar refractivity (Wildman–Crippen MR) is 109 cm³/mol. The van der Waals surface area contributed by atoms with Gasteiger partial charge in [0.05, 0.1) is 12.3 Å². The van der Waals surface area contributed by atoms with Gasteiger partial charge in [0.2, 0.25) is 0 Å². The molecule has 0 aliphatic carbocycles. The molecule has 7 nitrogen and oxygen atoms in total. The van der Waals surface area contributed by atoms with Crippen molar-refractivity contribution >= 4 is 29.6 Å². The average molecular weight is 392 g/mol. The van der Waals surface area contributed by atoms with Crippen LogP contribution in [0.15, 0.2) is 66.8 Å². The Labute approximate surface area is 168 Å². The minimum Gasteiger partial charge on any atom is -0.494 e. The van der Waals surface area contributed by atoms with Crippen LogP contribution in [0.25, 0.3) is 6.08 Å². The van der Waals surface area contributed by atoms with E-state index in [4.69, 9.17) is 9.47 Å². The van der Waals surface area contributed by atoms with Gasteiger partial charge in [0.15, 0.2) is 0 Å². The van der Waals surface area contributed by atoms with Gasteiger partial charge in [-0.1, -0.05) is 24.8 Å². The lowest BCUT2D eigenvalue weighted by Crippen LogP contribution is -2.54. The third kappa shape index (κ3) is 4.52. The second-order valence-electron chi connectivity index (χ2n) is 6.05. The summed E-state index contributed by atoms with van der Waals surface area (Å²) in [4.78, 5) is 38.3. The van der Waals surface area contributed by atoms with Crippen LogP contribution in [0, 0.1) is 0 Å². The van der Waals surface area contributed by atoms with Crippen LogP contribution in [0.5, 0.6) is 11.5 Å². The Bertz CT molecular complexity index is 962. The van der Waals surface area contributed by atoms with Crippen LogP contribution < -0.4 is 19.7 Å². The van der Waals surface area contributed by atoms with E-state index in [0.717, 1.165) is 4.90 Å². The molecule has 7 heteroatoms. The molecule has 1 aliphatic heterocycles. The molecular formula is C22H20N2O5. The van der Waals surface area contributed by atoms with Gasteiger partial charge < -0.3 is 9.47 Å². The lowest BCUT2D eigenvalue weighted by Gasteiger charge is -2.26. The summed E-state index contributed by atoms with van der Waals surface area (Å²) in [7, 11) is 0. The molecule has 1 heterocycles. The molecule has 4 amide bonds. The number of rotatable bonds is 7.